The predicted octanol–water partition coefficient (Wildman–Crippen LogP) is 0.341. The van der Waals surface area contributed by atoms with Gasteiger partial charge in [0, 0.05) is 13.1 Å². The first-order valence-corrected chi connectivity index (χ1v) is 6.08. The molecule has 102 valence electrons. The van der Waals surface area contributed by atoms with Crippen molar-refractivity contribution >= 4 is 17.0 Å². The Bertz CT molecular complexity index is 627. The van der Waals surface area contributed by atoms with Gasteiger partial charge in [0.2, 0.25) is 5.91 Å². The highest BCUT2D eigenvalue weighted by Crippen LogP contribution is 2.12. The van der Waals surface area contributed by atoms with Gasteiger partial charge in [0.25, 0.3) is 0 Å². The van der Waals surface area contributed by atoms with Crippen LogP contribution in [0.1, 0.15) is 5.56 Å². The number of likely N-dealkylation sites (N-methyl/N-ethyl adjacent to an activating group) is 1. The van der Waals surface area contributed by atoms with E-state index < -0.39 is 5.76 Å². The fourth-order valence-electron chi connectivity index (χ4n) is 1.78. The summed E-state index contributed by atoms with van der Waals surface area (Å²) in [6, 6.07) is 5.23. The van der Waals surface area contributed by atoms with E-state index in [1.165, 1.54) is 0 Å². The van der Waals surface area contributed by atoms with Crippen LogP contribution in [-0.4, -0.2) is 43.0 Å². The second kappa shape index (κ2) is 5.71. The number of hydrogen-bond donors (Lipinski definition) is 2. The van der Waals surface area contributed by atoms with Gasteiger partial charge in [-0.3, -0.25) is 9.78 Å². The molecule has 0 radical (unpaired) electrons. The van der Waals surface area contributed by atoms with Gasteiger partial charge in [0.05, 0.1) is 11.9 Å². The second-order valence-corrected chi connectivity index (χ2v) is 4.68. The minimum Gasteiger partial charge on any atom is -0.408 e. The van der Waals surface area contributed by atoms with Crippen LogP contribution in [0.15, 0.2) is 27.4 Å². The van der Waals surface area contributed by atoms with E-state index in [4.69, 9.17) is 4.42 Å². The van der Waals surface area contributed by atoms with Crippen molar-refractivity contribution in [2.75, 3.05) is 27.2 Å². The zero-order valence-corrected chi connectivity index (χ0v) is 11.0. The van der Waals surface area contributed by atoms with Crippen LogP contribution in [0.25, 0.3) is 11.1 Å². The zero-order valence-electron chi connectivity index (χ0n) is 11.0. The molecule has 2 rings (SSSR count). The van der Waals surface area contributed by atoms with Gasteiger partial charge in [0.15, 0.2) is 5.58 Å². The number of nitrogens with zero attached hydrogens (tertiary/aromatic N) is 1. The summed E-state index contributed by atoms with van der Waals surface area (Å²) < 4.78 is 4.90. The number of rotatable bonds is 5. The van der Waals surface area contributed by atoms with Crippen LogP contribution in [0.5, 0.6) is 0 Å². The molecule has 1 aromatic carbocycles. The molecule has 0 fully saturated rings. The van der Waals surface area contributed by atoms with Crippen molar-refractivity contribution in [2.24, 2.45) is 0 Å². The number of aromatic nitrogens is 1. The topological polar surface area (TPSA) is 78.3 Å². The van der Waals surface area contributed by atoms with Crippen LogP contribution in [-0.2, 0) is 11.2 Å². The maximum atomic E-state index is 11.7. The lowest BCUT2D eigenvalue weighted by Crippen LogP contribution is -2.32. The summed E-state index contributed by atoms with van der Waals surface area (Å²) in [6.45, 7) is 1.43. The van der Waals surface area contributed by atoms with E-state index >= 15 is 0 Å². The molecular weight excluding hydrogens is 246 g/mol. The lowest BCUT2D eigenvalue weighted by atomic mass is 10.1. The van der Waals surface area contributed by atoms with E-state index in [0.29, 0.717) is 17.6 Å². The first-order valence-electron chi connectivity index (χ1n) is 6.08. The van der Waals surface area contributed by atoms with E-state index in [1.54, 1.807) is 18.2 Å². The molecule has 0 aliphatic carbocycles. The van der Waals surface area contributed by atoms with E-state index in [9.17, 15) is 9.59 Å². The molecule has 0 unspecified atom stereocenters. The summed E-state index contributed by atoms with van der Waals surface area (Å²) in [5.74, 6) is -0.519. The average Bonchev–Trinajstić information content (AvgIpc) is 2.67. The molecule has 0 bridgehead atoms. The number of oxazole rings is 1. The molecule has 2 aromatic rings. The van der Waals surface area contributed by atoms with Gasteiger partial charge in [-0.2, -0.15) is 0 Å². The Morgan fingerprint density at radius 1 is 1.42 bits per heavy atom. The Hall–Kier alpha value is -2.08. The van der Waals surface area contributed by atoms with Gasteiger partial charge in [-0.15, -0.1) is 0 Å². The Morgan fingerprint density at radius 3 is 2.95 bits per heavy atom. The molecule has 0 spiro atoms. The normalized spacial score (nSPS) is 11.1. The highest BCUT2D eigenvalue weighted by molar-refractivity contribution is 5.80. The Kier molecular flexibility index (Phi) is 4.01. The highest BCUT2D eigenvalue weighted by Gasteiger charge is 2.06. The van der Waals surface area contributed by atoms with E-state index in [1.807, 2.05) is 19.0 Å². The number of carbonyl (C=O) groups is 1. The van der Waals surface area contributed by atoms with E-state index in [2.05, 4.69) is 10.3 Å². The summed E-state index contributed by atoms with van der Waals surface area (Å²) >= 11 is 0. The number of aromatic amines is 1. The molecule has 19 heavy (non-hydrogen) atoms. The Balaban J connectivity index is 1.96. The smallest absolute Gasteiger partial charge is 0.408 e. The van der Waals surface area contributed by atoms with Crippen molar-refractivity contribution in [2.45, 2.75) is 6.42 Å². The highest BCUT2D eigenvalue weighted by atomic mass is 16.4. The molecule has 0 saturated carbocycles. The third-order valence-electron chi connectivity index (χ3n) is 2.73. The van der Waals surface area contributed by atoms with Crippen molar-refractivity contribution in [3.05, 3.63) is 34.3 Å². The largest absolute Gasteiger partial charge is 0.417 e. The van der Waals surface area contributed by atoms with Gasteiger partial charge < -0.3 is 14.6 Å². The third-order valence-corrected chi connectivity index (χ3v) is 2.73. The predicted molar refractivity (Wildman–Crippen MR) is 72.1 cm³/mol. The monoisotopic (exact) mass is 263 g/mol. The molecule has 1 heterocycles. The van der Waals surface area contributed by atoms with E-state index in [-0.39, 0.29) is 12.3 Å². The van der Waals surface area contributed by atoms with Crippen LogP contribution in [0, 0.1) is 0 Å². The summed E-state index contributed by atoms with van der Waals surface area (Å²) in [7, 11) is 3.91. The van der Waals surface area contributed by atoms with Crippen LogP contribution in [0.2, 0.25) is 0 Å². The standard InChI is InChI=1S/C13H17N3O3/c1-16(2)6-5-14-12(17)8-9-3-4-11-10(7-9)15-13(18)19-11/h3-4,7H,5-6,8H2,1-2H3,(H,14,17)(H,15,18). The van der Waals surface area contributed by atoms with Crippen molar-refractivity contribution in [1.29, 1.82) is 0 Å². The van der Waals surface area contributed by atoms with Crippen LogP contribution < -0.4 is 11.1 Å². The van der Waals surface area contributed by atoms with Crippen molar-refractivity contribution in [1.82, 2.24) is 15.2 Å². The summed E-state index contributed by atoms with van der Waals surface area (Å²) in [5.41, 5.74) is 1.96. The summed E-state index contributed by atoms with van der Waals surface area (Å²) in [6.07, 6.45) is 0.288. The van der Waals surface area contributed by atoms with Crippen LogP contribution in [0.4, 0.5) is 0 Å². The molecule has 1 amide bonds. The first kappa shape index (κ1) is 13.4. The maximum Gasteiger partial charge on any atom is 0.417 e. The van der Waals surface area contributed by atoms with Crippen molar-refractivity contribution < 1.29 is 9.21 Å². The molecule has 0 atom stereocenters. The van der Waals surface area contributed by atoms with Gasteiger partial charge in [0.1, 0.15) is 0 Å². The van der Waals surface area contributed by atoms with Crippen molar-refractivity contribution in [3.8, 4) is 0 Å². The minimum absolute atomic E-state index is 0.0351. The summed E-state index contributed by atoms with van der Waals surface area (Å²) in [4.78, 5) is 27.3. The summed E-state index contributed by atoms with van der Waals surface area (Å²) in [5, 5.41) is 2.84. The first-order chi connectivity index (χ1) is 9.04. The van der Waals surface area contributed by atoms with Crippen LogP contribution in [0.3, 0.4) is 0 Å². The molecule has 1 aromatic heterocycles. The Morgan fingerprint density at radius 2 is 2.21 bits per heavy atom. The molecule has 0 saturated heterocycles. The average molecular weight is 263 g/mol. The number of hydrogen-bond acceptors (Lipinski definition) is 4. The maximum absolute atomic E-state index is 11.7. The molecule has 6 heteroatoms. The lowest BCUT2D eigenvalue weighted by molar-refractivity contribution is -0.120. The van der Waals surface area contributed by atoms with Gasteiger partial charge in [-0.25, -0.2) is 4.79 Å². The SMILES string of the molecule is CN(C)CCNC(=O)Cc1ccc2oc(=O)[nH]c2c1. The lowest BCUT2D eigenvalue weighted by Gasteiger charge is -2.10. The quantitative estimate of drug-likeness (QED) is 0.815. The van der Waals surface area contributed by atoms with E-state index in [0.717, 1.165) is 12.1 Å². The number of carbonyl (C=O) groups excluding carboxylic acids is 1. The van der Waals surface area contributed by atoms with Gasteiger partial charge in [-0.1, -0.05) is 6.07 Å². The number of fused-ring (bicyclic) bond motifs is 1. The fraction of sp³-hybridized carbons (Fsp3) is 0.385. The number of H-pyrrole nitrogens is 1. The fourth-order valence-corrected chi connectivity index (χ4v) is 1.78. The van der Waals surface area contributed by atoms with Gasteiger partial charge >= 0.3 is 5.76 Å². The minimum atomic E-state index is -0.484. The molecular formula is C13H17N3O3. The van der Waals surface area contributed by atoms with Crippen LogP contribution >= 0.6 is 0 Å². The number of nitrogens with one attached hydrogen (secondary N) is 2. The second-order valence-electron chi connectivity index (χ2n) is 4.68. The molecule has 6 nitrogen and oxygen atoms in total. The zero-order chi connectivity index (χ0) is 13.8. The molecule has 2 N–H and O–H groups in total. The third kappa shape index (κ3) is 3.69. The molecule has 0 aliphatic rings. The number of amides is 1. The number of benzene rings is 1. The molecule has 0 aliphatic heterocycles. The Labute approximate surface area is 110 Å². The van der Waals surface area contributed by atoms with Gasteiger partial charge in [-0.05, 0) is 31.8 Å². The van der Waals surface area contributed by atoms with Crippen molar-refractivity contribution in [3.63, 3.8) is 0 Å².